The molecule has 0 atom stereocenters. The highest BCUT2D eigenvalue weighted by Gasteiger charge is 2.15. The van der Waals surface area contributed by atoms with E-state index in [4.69, 9.17) is 11.6 Å². The Bertz CT molecular complexity index is 448. The molecule has 1 aliphatic carbocycles. The van der Waals surface area contributed by atoms with Gasteiger partial charge in [-0.1, -0.05) is 19.3 Å². The highest BCUT2D eigenvalue weighted by molar-refractivity contribution is 6.28. The number of nitrogens with zero attached hydrogens (tertiary/aromatic N) is 2. The average molecular weight is 284 g/mol. The number of halogens is 1. The van der Waals surface area contributed by atoms with Gasteiger partial charge in [0.25, 0.3) is 0 Å². The molecular weight excluding hydrogens is 266 g/mol. The molecule has 1 saturated carbocycles. The fourth-order valence-electron chi connectivity index (χ4n) is 2.36. The van der Waals surface area contributed by atoms with Gasteiger partial charge in [0.1, 0.15) is 5.82 Å². The number of hydrogen-bond donors (Lipinski definition) is 1. The summed E-state index contributed by atoms with van der Waals surface area (Å²) in [6.07, 6.45) is 6.42. The molecule has 1 fully saturated rings. The fourth-order valence-corrected chi connectivity index (χ4v) is 2.54. The highest BCUT2D eigenvalue weighted by Crippen LogP contribution is 2.24. The average Bonchev–Trinajstić information content (AvgIpc) is 2.45. The zero-order valence-corrected chi connectivity index (χ0v) is 11.7. The van der Waals surface area contributed by atoms with Crippen LogP contribution >= 0.6 is 11.6 Å². The molecule has 0 spiro atoms. The van der Waals surface area contributed by atoms with E-state index in [-0.39, 0.29) is 11.0 Å². The third-order valence-corrected chi connectivity index (χ3v) is 3.56. The van der Waals surface area contributed by atoms with Crippen molar-refractivity contribution < 1.29 is 9.53 Å². The van der Waals surface area contributed by atoms with Gasteiger partial charge in [0.05, 0.1) is 7.11 Å². The molecule has 1 N–H and O–H groups in total. The van der Waals surface area contributed by atoms with Crippen LogP contribution in [0.5, 0.6) is 0 Å². The number of carbonyl (C=O) groups is 1. The van der Waals surface area contributed by atoms with Gasteiger partial charge in [-0.05, 0) is 30.4 Å². The Morgan fingerprint density at radius 2 is 2.16 bits per heavy atom. The predicted molar refractivity (Wildman–Crippen MR) is 73.4 cm³/mol. The van der Waals surface area contributed by atoms with Gasteiger partial charge < -0.3 is 10.1 Å². The van der Waals surface area contributed by atoms with Crippen molar-refractivity contribution in [1.82, 2.24) is 9.97 Å². The summed E-state index contributed by atoms with van der Waals surface area (Å²) in [5.41, 5.74) is 0.175. The van der Waals surface area contributed by atoms with Gasteiger partial charge in [0.2, 0.25) is 5.28 Å². The quantitative estimate of drug-likeness (QED) is 0.680. The first-order valence-electron chi connectivity index (χ1n) is 6.56. The molecule has 0 bridgehead atoms. The molecule has 0 saturated heterocycles. The number of nitrogens with one attached hydrogen (secondary N) is 1. The second kappa shape index (κ2) is 6.70. The molecule has 104 valence electrons. The largest absolute Gasteiger partial charge is 0.464 e. The van der Waals surface area contributed by atoms with Crippen molar-refractivity contribution in [3.05, 3.63) is 17.0 Å². The SMILES string of the molecule is COC(=O)c1cc(NCC2CCCCC2)nc(Cl)n1. The van der Waals surface area contributed by atoms with Gasteiger partial charge in [-0.15, -0.1) is 0 Å². The maximum absolute atomic E-state index is 11.4. The van der Waals surface area contributed by atoms with E-state index >= 15 is 0 Å². The van der Waals surface area contributed by atoms with Crippen LogP contribution in [-0.4, -0.2) is 29.6 Å². The summed E-state index contributed by atoms with van der Waals surface area (Å²) in [6.45, 7) is 0.855. The molecule has 1 heterocycles. The molecular formula is C13H18ClN3O2. The number of carbonyl (C=O) groups excluding carboxylic acids is 1. The Hall–Kier alpha value is -1.36. The number of aromatic nitrogens is 2. The summed E-state index contributed by atoms with van der Waals surface area (Å²) in [4.78, 5) is 19.3. The van der Waals surface area contributed by atoms with Gasteiger partial charge in [0.15, 0.2) is 5.69 Å². The van der Waals surface area contributed by atoms with Crippen LogP contribution in [0.15, 0.2) is 6.07 Å². The van der Waals surface area contributed by atoms with E-state index in [0.29, 0.717) is 11.7 Å². The van der Waals surface area contributed by atoms with Gasteiger partial charge in [0, 0.05) is 12.6 Å². The molecule has 19 heavy (non-hydrogen) atoms. The second-order valence-electron chi connectivity index (χ2n) is 4.78. The monoisotopic (exact) mass is 283 g/mol. The molecule has 0 aliphatic heterocycles. The van der Waals surface area contributed by atoms with Crippen molar-refractivity contribution in [1.29, 1.82) is 0 Å². The number of hydrogen-bond acceptors (Lipinski definition) is 5. The van der Waals surface area contributed by atoms with Crippen LogP contribution in [0, 0.1) is 5.92 Å². The van der Waals surface area contributed by atoms with E-state index in [9.17, 15) is 4.79 Å². The first-order chi connectivity index (χ1) is 9.19. The maximum Gasteiger partial charge on any atom is 0.356 e. The van der Waals surface area contributed by atoms with Crippen molar-refractivity contribution >= 4 is 23.4 Å². The van der Waals surface area contributed by atoms with Crippen LogP contribution in [0.1, 0.15) is 42.6 Å². The number of esters is 1. The zero-order chi connectivity index (χ0) is 13.7. The summed E-state index contributed by atoms with van der Waals surface area (Å²) in [5.74, 6) is 0.736. The van der Waals surface area contributed by atoms with Gasteiger partial charge in [-0.25, -0.2) is 14.8 Å². The van der Waals surface area contributed by atoms with E-state index in [1.807, 2.05) is 0 Å². The molecule has 2 rings (SSSR count). The van der Waals surface area contributed by atoms with Crippen LogP contribution in [-0.2, 0) is 4.74 Å². The van der Waals surface area contributed by atoms with E-state index in [0.717, 1.165) is 6.54 Å². The highest BCUT2D eigenvalue weighted by atomic mass is 35.5. The molecule has 0 amide bonds. The topological polar surface area (TPSA) is 64.1 Å². The normalized spacial score (nSPS) is 16.1. The van der Waals surface area contributed by atoms with E-state index < -0.39 is 5.97 Å². The van der Waals surface area contributed by atoms with Crippen LogP contribution in [0.25, 0.3) is 0 Å². The van der Waals surface area contributed by atoms with Crippen LogP contribution in [0.3, 0.4) is 0 Å². The molecule has 5 nitrogen and oxygen atoms in total. The van der Waals surface area contributed by atoms with E-state index in [1.165, 1.54) is 39.2 Å². The summed E-state index contributed by atoms with van der Waals surface area (Å²) in [6, 6.07) is 1.57. The van der Waals surface area contributed by atoms with Gasteiger partial charge in [-0.3, -0.25) is 0 Å². The second-order valence-corrected chi connectivity index (χ2v) is 5.12. The fraction of sp³-hybridized carbons (Fsp3) is 0.615. The smallest absolute Gasteiger partial charge is 0.356 e. The number of ether oxygens (including phenoxy) is 1. The lowest BCUT2D eigenvalue weighted by atomic mass is 9.89. The van der Waals surface area contributed by atoms with Gasteiger partial charge >= 0.3 is 5.97 Å². The minimum atomic E-state index is -0.509. The van der Waals surface area contributed by atoms with Crippen molar-refractivity contribution in [3.63, 3.8) is 0 Å². The minimum Gasteiger partial charge on any atom is -0.464 e. The van der Waals surface area contributed by atoms with Crippen LogP contribution in [0.2, 0.25) is 5.28 Å². The molecule has 0 unspecified atom stereocenters. The van der Waals surface area contributed by atoms with Crippen LogP contribution in [0.4, 0.5) is 5.82 Å². The molecule has 0 aromatic carbocycles. The van der Waals surface area contributed by atoms with Crippen LogP contribution < -0.4 is 5.32 Å². The zero-order valence-electron chi connectivity index (χ0n) is 11.0. The Morgan fingerprint density at radius 3 is 2.84 bits per heavy atom. The summed E-state index contributed by atoms with van der Waals surface area (Å²) in [7, 11) is 1.31. The molecule has 1 aromatic heterocycles. The molecule has 0 radical (unpaired) electrons. The lowest BCUT2D eigenvalue weighted by Gasteiger charge is -2.22. The predicted octanol–water partition coefficient (Wildman–Crippen LogP) is 2.91. The maximum atomic E-state index is 11.4. The minimum absolute atomic E-state index is 0.0500. The summed E-state index contributed by atoms with van der Waals surface area (Å²) < 4.78 is 4.63. The number of rotatable bonds is 4. The van der Waals surface area contributed by atoms with E-state index in [1.54, 1.807) is 6.07 Å². The Morgan fingerprint density at radius 1 is 1.42 bits per heavy atom. The van der Waals surface area contributed by atoms with Gasteiger partial charge in [-0.2, -0.15) is 0 Å². The first kappa shape index (κ1) is 14.1. The third-order valence-electron chi connectivity index (χ3n) is 3.39. The van der Waals surface area contributed by atoms with Crippen molar-refractivity contribution in [2.24, 2.45) is 5.92 Å². The molecule has 1 aromatic rings. The number of anilines is 1. The number of methoxy groups -OCH3 is 1. The third kappa shape index (κ3) is 4.06. The van der Waals surface area contributed by atoms with Crippen molar-refractivity contribution in [2.45, 2.75) is 32.1 Å². The molecule has 6 heteroatoms. The van der Waals surface area contributed by atoms with E-state index in [2.05, 4.69) is 20.0 Å². The summed E-state index contributed by atoms with van der Waals surface area (Å²) >= 11 is 5.80. The Balaban J connectivity index is 1.99. The molecule has 1 aliphatic rings. The lowest BCUT2D eigenvalue weighted by molar-refractivity contribution is 0.0594. The summed E-state index contributed by atoms with van der Waals surface area (Å²) in [5, 5.41) is 3.28. The Labute approximate surface area is 117 Å². The standard InChI is InChI=1S/C13H18ClN3O2/c1-19-12(18)10-7-11(17-13(14)16-10)15-8-9-5-3-2-4-6-9/h7,9H,2-6,8H2,1H3,(H,15,16,17). The Kier molecular flexibility index (Phi) is 4.96. The lowest BCUT2D eigenvalue weighted by Crippen LogP contribution is -2.18. The van der Waals surface area contributed by atoms with Crippen molar-refractivity contribution in [2.75, 3.05) is 19.0 Å². The first-order valence-corrected chi connectivity index (χ1v) is 6.93. The van der Waals surface area contributed by atoms with Crippen molar-refractivity contribution in [3.8, 4) is 0 Å².